The van der Waals surface area contributed by atoms with E-state index in [1.807, 2.05) is 38.1 Å². The minimum absolute atomic E-state index is 0.0144. The number of benzene rings is 2. The van der Waals surface area contributed by atoms with Crippen molar-refractivity contribution in [2.45, 2.75) is 19.2 Å². The lowest BCUT2D eigenvalue weighted by atomic mass is 10.1. The Kier molecular flexibility index (Phi) is 7.53. The summed E-state index contributed by atoms with van der Waals surface area (Å²) in [5, 5.41) is -0.445. The normalized spacial score (nSPS) is 19.4. The Balaban J connectivity index is 1.46. The van der Waals surface area contributed by atoms with Crippen LogP contribution in [0.3, 0.4) is 0 Å². The van der Waals surface area contributed by atoms with E-state index < -0.39 is 0 Å². The van der Waals surface area contributed by atoms with E-state index in [-0.39, 0.29) is 29.0 Å². The van der Waals surface area contributed by atoms with Crippen LogP contribution in [0.15, 0.2) is 47.4 Å². The van der Waals surface area contributed by atoms with Gasteiger partial charge in [0.05, 0.1) is 24.4 Å². The second-order valence-electron chi connectivity index (χ2n) is 7.84. The van der Waals surface area contributed by atoms with Gasteiger partial charge in [0, 0.05) is 13.1 Å². The van der Waals surface area contributed by atoms with Crippen LogP contribution >= 0.6 is 23.5 Å². The molecule has 1 unspecified atom stereocenters. The van der Waals surface area contributed by atoms with E-state index in [1.54, 1.807) is 42.0 Å². The summed E-state index contributed by atoms with van der Waals surface area (Å²) in [6.45, 7) is 4.87. The fraction of sp³-hybridized carbons (Fsp3) is 0.320. The van der Waals surface area contributed by atoms with Crippen molar-refractivity contribution in [3.05, 3.63) is 64.1 Å². The topological polar surface area (TPSA) is 76.2 Å². The highest BCUT2D eigenvalue weighted by atomic mass is 32.2. The Morgan fingerprint density at radius 2 is 1.91 bits per heavy atom. The number of rotatable bonds is 8. The lowest BCUT2D eigenvalue weighted by Gasteiger charge is -2.26. The number of hydrogen-bond donors (Lipinski definition) is 0. The van der Waals surface area contributed by atoms with Crippen molar-refractivity contribution < 1.29 is 23.9 Å². The molecule has 9 heteroatoms. The first-order chi connectivity index (χ1) is 16.4. The lowest BCUT2D eigenvalue weighted by molar-refractivity contribution is -0.129. The van der Waals surface area contributed by atoms with Crippen molar-refractivity contribution in [1.29, 1.82) is 0 Å². The molecule has 2 heterocycles. The largest absolute Gasteiger partial charge is 0.493 e. The molecule has 0 bridgehead atoms. The van der Waals surface area contributed by atoms with Crippen LogP contribution in [0, 0.1) is 6.92 Å². The maximum absolute atomic E-state index is 13.0. The third-order valence-electron chi connectivity index (χ3n) is 5.52. The molecule has 0 aliphatic carbocycles. The Labute approximate surface area is 207 Å². The third kappa shape index (κ3) is 5.10. The lowest BCUT2D eigenvalue weighted by Crippen LogP contribution is -2.39. The maximum atomic E-state index is 13.0. The number of carbonyl (C=O) groups excluding carboxylic acids is 3. The summed E-state index contributed by atoms with van der Waals surface area (Å²) in [5.41, 5.74) is 2.91. The Morgan fingerprint density at radius 3 is 2.65 bits per heavy atom. The van der Waals surface area contributed by atoms with E-state index in [0.717, 1.165) is 28.5 Å². The molecule has 0 N–H and O–H groups in total. The van der Waals surface area contributed by atoms with E-state index >= 15 is 0 Å². The summed E-state index contributed by atoms with van der Waals surface area (Å²) in [6.07, 6.45) is 1.68. The van der Waals surface area contributed by atoms with Gasteiger partial charge >= 0.3 is 0 Å². The fourth-order valence-corrected chi connectivity index (χ4v) is 5.97. The number of thioether (sulfide) groups is 2. The zero-order chi connectivity index (χ0) is 24.2. The number of nitrogens with zero attached hydrogens (tertiary/aromatic N) is 2. The van der Waals surface area contributed by atoms with Crippen molar-refractivity contribution in [3.63, 3.8) is 0 Å². The number of amides is 3. The van der Waals surface area contributed by atoms with Crippen LogP contribution < -0.4 is 9.47 Å². The highest BCUT2D eigenvalue weighted by Gasteiger charge is 2.38. The van der Waals surface area contributed by atoms with Crippen LogP contribution in [0.25, 0.3) is 6.08 Å². The van der Waals surface area contributed by atoms with Gasteiger partial charge in [-0.3, -0.25) is 19.3 Å². The average Bonchev–Trinajstić information content (AvgIpc) is 3.32. The molecule has 2 saturated heterocycles. The summed E-state index contributed by atoms with van der Waals surface area (Å²) in [6, 6.07) is 13.4. The van der Waals surface area contributed by atoms with Crippen molar-refractivity contribution in [1.82, 2.24) is 9.80 Å². The zero-order valence-electron chi connectivity index (χ0n) is 19.3. The molecular formula is C25H26N2O5S2. The maximum Gasteiger partial charge on any atom is 0.293 e. The Morgan fingerprint density at radius 1 is 1.09 bits per heavy atom. The monoisotopic (exact) mass is 498 g/mol. The zero-order valence-corrected chi connectivity index (χ0v) is 20.9. The smallest absolute Gasteiger partial charge is 0.293 e. The number of hydrogen-bond acceptors (Lipinski definition) is 7. The van der Waals surface area contributed by atoms with Gasteiger partial charge in [-0.2, -0.15) is 0 Å². The summed E-state index contributed by atoms with van der Waals surface area (Å²) in [7, 11) is 1.55. The molecule has 0 spiro atoms. The molecule has 1 atom stereocenters. The molecular weight excluding hydrogens is 472 g/mol. The molecule has 2 fully saturated rings. The van der Waals surface area contributed by atoms with Gasteiger partial charge in [-0.25, -0.2) is 0 Å². The third-order valence-corrected chi connectivity index (χ3v) is 7.68. The number of carbonyl (C=O) groups is 3. The van der Waals surface area contributed by atoms with Crippen molar-refractivity contribution in [2.75, 3.05) is 32.6 Å². The van der Waals surface area contributed by atoms with Crippen molar-refractivity contribution in [3.8, 4) is 11.5 Å². The second kappa shape index (κ2) is 10.6. The van der Waals surface area contributed by atoms with Gasteiger partial charge in [0.25, 0.3) is 11.1 Å². The summed E-state index contributed by atoms with van der Waals surface area (Å²) in [5.74, 6) is 1.23. The first kappa shape index (κ1) is 24.2. The summed E-state index contributed by atoms with van der Waals surface area (Å²) in [4.78, 5) is 41.4. The predicted octanol–water partition coefficient (Wildman–Crippen LogP) is 4.71. The van der Waals surface area contributed by atoms with Crippen LogP contribution in [-0.2, 0) is 9.59 Å². The van der Waals surface area contributed by atoms with Crippen molar-refractivity contribution in [2.24, 2.45) is 0 Å². The fourth-order valence-electron chi connectivity index (χ4n) is 3.90. The van der Waals surface area contributed by atoms with E-state index in [1.165, 1.54) is 4.90 Å². The van der Waals surface area contributed by atoms with Gasteiger partial charge in [-0.05, 0) is 54.9 Å². The van der Waals surface area contributed by atoms with Crippen LogP contribution in [0.5, 0.6) is 11.5 Å². The molecule has 0 saturated carbocycles. The highest BCUT2D eigenvalue weighted by molar-refractivity contribution is 8.18. The molecule has 2 aliphatic heterocycles. The molecule has 2 aromatic rings. The van der Waals surface area contributed by atoms with Crippen LogP contribution in [0.2, 0.25) is 0 Å². The molecule has 7 nitrogen and oxygen atoms in total. The SMILES string of the molecule is CCOc1ccc(/C=C2/SC(=O)N(CCN3C(=O)CSC3c3cccc(C)c3)C2=O)cc1OC. The van der Waals surface area contributed by atoms with Gasteiger partial charge in [0.2, 0.25) is 5.91 Å². The molecule has 2 aromatic carbocycles. The van der Waals surface area contributed by atoms with E-state index in [4.69, 9.17) is 9.47 Å². The van der Waals surface area contributed by atoms with Crippen LogP contribution in [0.4, 0.5) is 4.79 Å². The molecule has 178 valence electrons. The molecule has 34 heavy (non-hydrogen) atoms. The average molecular weight is 499 g/mol. The minimum atomic E-state index is -0.353. The van der Waals surface area contributed by atoms with Gasteiger partial charge in [-0.15, -0.1) is 11.8 Å². The number of methoxy groups -OCH3 is 1. The first-order valence-corrected chi connectivity index (χ1v) is 12.8. The molecule has 0 aromatic heterocycles. The standard InChI is InChI=1S/C25H26N2O5S2/c1-4-32-19-9-8-17(13-20(19)31-3)14-21-23(29)27(25(30)34-21)11-10-26-22(28)15-33-24(26)18-7-5-6-16(2)12-18/h5-9,12-14,24H,4,10-11,15H2,1-3H3/b21-14+. The highest BCUT2D eigenvalue weighted by Crippen LogP contribution is 2.39. The van der Waals surface area contributed by atoms with Gasteiger partial charge in [0.1, 0.15) is 5.37 Å². The molecule has 3 amide bonds. The number of imide groups is 1. The number of ether oxygens (including phenoxy) is 2. The minimum Gasteiger partial charge on any atom is -0.493 e. The summed E-state index contributed by atoms with van der Waals surface area (Å²) < 4.78 is 10.9. The van der Waals surface area contributed by atoms with Crippen LogP contribution in [-0.4, -0.2) is 59.4 Å². The molecule has 2 aliphatic rings. The van der Waals surface area contributed by atoms with E-state index in [2.05, 4.69) is 6.07 Å². The van der Waals surface area contributed by atoms with Crippen LogP contribution in [0.1, 0.15) is 29.0 Å². The van der Waals surface area contributed by atoms with Gasteiger partial charge in [-0.1, -0.05) is 35.9 Å². The van der Waals surface area contributed by atoms with Crippen molar-refractivity contribution >= 4 is 46.7 Å². The first-order valence-electron chi connectivity index (χ1n) is 10.9. The molecule has 0 radical (unpaired) electrons. The Hall–Kier alpha value is -2.91. The predicted molar refractivity (Wildman–Crippen MR) is 135 cm³/mol. The second-order valence-corrected chi connectivity index (χ2v) is 9.90. The summed E-state index contributed by atoms with van der Waals surface area (Å²) >= 11 is 2.47. The molecule has 4 rings (SSSR count). The quantitative estimate of drug-likeness (QED) is 0.488. The van der Waals surface area contributed by atoms with E-state index in [9.17, 15) is 14.4 Å². The van der Waals surface area contributed by atoms with E-state index in [0.29, 0.717) is 35.3 Å². The van der Waals surface area contributed by atoms with Gasteiger partial charge in [0.15, 0.2) is 11.5 Å². The Bertz CT molecular complexity index is 1150. The van der Waals surface area contributed by atoms with Gasteiger partial charge < -0.3 is 14.4 Å². The number of aryl methyl sites for hydroxylation is 1.